The Morgan fingerprint density at radius 2 is 1.50 bits per heavy atom. The summed E-state index contributed by atoms with van der Waals surface area (Å²) in [6.45, 7) is 15.2. The van der Waals surface area contributed by atoms with Crippen molar-refractivity contribution in [2.45, 2.75) is 141 Å². The number of fused-ring (bicyclic) bond motifs is 1. The number of ketones is 1. The van der Waals surface area contributed by atoms with E-state index < -0.39 is 72.3 Å². The fourth-order valence-electron chi connectivity index (χ4n) is 8.10. The average molecular weight is 711 g/mol. The van der Waals surface area contributed by atoms with E-state index in [-0.39, 0.29) is 60.9 Å². The number of rotatable bonds is 8. The second kappa shape index (κ2) is 17.4. The first-order valence-electron chi connectivity index (χ1n) is 18.2. The third-order valence-electron chi connectivity index (χ3n) is 11.6. The lowest BCUT2D eigenvalue weighted by Gasteiger charge is -2.45. The van der Waals surface area contributed by atoms with E-state index in [4.69, 9.17) is 37.9 Å². The van der Waals surface area contributed by atoms with E-state index >= 15 is 0 Å². The first-order valence-corrected chi connectivity index (χ1v) is 18.2. The van der Waals surface area contributed by atoms with E-state index in [0.29, 0.717) is 6.42 Å². The first kappa shape index (κ1) is 41.0. The predicted molar refractivity (Wildman–Crippen MR) is 184 cm³/mol. The molecule has 2 N–H and O–H groups in total. The third-order valence-corrected chi connectivity index (χ3v) is 11.6. The number of epoxide rings is 1. The van der Waals surface area contributed by atoms with Gasteiger partial charge in [0.25, 0.3) is 0 Å². The summed E-state index contributed by atoms with van der Waals surface area (Å²) in [6.07, 6.45) is 1.92. The number of aliphatic hydroxyl groups is 2. The van der Waals surface area contributed by atoms with Gasteiger partial charge in [0, 0.05) is 51.1 Å². The Balaban J connectivity index is 1.57. The molecule has 12 heteroatoms. The number of ether oxygens (including phenoxy) is 8. The average Bonchev–Trinajstić information content (AvgIpc) is 3.83. The molecule has 0 radical (unpaired) electrons. The van der Waals surface area contributed by atoms with Crippen molar-refractivity contribution in [3.8, 4) is 0 Å². The highest BCUT2D eigenvalue weighted by atomic mass is 16.7. The predicted octanol–water partition coefficient (Wildman–Crippen LogP) is 3.64. The Labute approximate surface area is 298 Å². The van der Waals surface area contributed by atoms with Crippen molar-refractivity contribution in [1.82, 2.24) is 0 Å². The van der Waals surface area contributed by atoms with E-state index in [1.807, 2.05) is 41.5 Å². The Hall–Kier alpha value is -1.74. The van der Waals surface area contributed by atoms with Crippen LogP contribution in [0.15, 0.2) is 24.3 Å². The van der Waals surface area contributed by atoms with Crippen molar-refractivity contribution >= 4 is 11.8 Å². The normalized spacial score (nSPS) is 49.1. The molecule has 1 saturated carbocycles. The topological polar surface area (TPSA) is 152 Å². The Bertz CT molecular complexity index is 1190. The molecule has 0 spiro atoms. The Morgan fingerprint density at radius 3 is 2.14 bits per heavy atom. The van der Waals surface area contributed by atoms with Gasteiger partial charge < -0.3 is 48.1 Å². The van der Waals surface area contributed by atoms with Gasteiger partial charge in [-0.25, -0.2) is 4.79 Å². The van der Waals surface area contributed by atoms with Gasteiger partial charge in [-0.3, -0.25) is 4.79 Å². The number of carbonyl (C=O) groups is 2. The molecule has 3 fully saturated rings. The molecule has 0 aromatic carbocycles. The monoisotopic (exact) mass is 710 g/mol. The van der Waals surface area contributed by atoms with Gasteiger partial charge in [-0.05, 0) is 57.6 Å². The quantitative estimate of drug-likeness (QED) is 0.280. The number of aliphatic hydroxyl groups excluding tert-OH is 1. The van der Waals surface area contributed by atoms with Crippen LogP contribution in [0, 0.1) is 35.5 Å². The van der Waals surface area contributed by atoms with Crippen LogP contribution in [0.1, 0.15) is 68.2 Å². The fraction of sp³-hybridized carbons (Fsp3) is 0.842. The molecule has 4 rings (SSSR count). The maximum Gasteiger partial charge on any atom is 0.330 e. The fourth-order valence-corrected chi connectivity index (χ4v) is 8.10. The van der Waals surface area contributed by atoms with Crippen LogP contribution in [-0.2, 0) is 47.5 Å². The SMILES string of the molecule is COC1CC(C)C(O)C(OC2C(C)/C=C/C(=O)OC(C)C(COC3OC(C)C(C)C(OC)C3OC)C3OC3/C=C/C(=O)C(C)(O)CC2C)C1C. The molecule has 12 nitrogen and oxygen atoms in total. The molecule has 0 aromatic heterocycles. The minimum atomic E-state index is -1.70. The summed E-state index contributed by atoms with van der Waals surface area (Å²) < 4.78 is 48.3. The zero-order valence-corrected chi connectivity index (χ0v) is 31.7. The summed E-state index contributed by atoms with van der Waals surface area (Å²) in [5.41, 5.74) is -1.70. The highest BCUT2D eigenvalue weighted by molar-refractivity contribution is 5.96. The van der Waals surface area contributed by atoms with Crippen molar-refractivity contribution in [2.24, 2.45) is 35.5 Å². The zero-order chi connectivity index (χ0) is 37.1. The van der Waals surface area contributed by atoms with Crippen LogP contribution in [0.2, 0.25) is 0 Å². The summed E-state index contributed by atoms with van der Waals surface area (Å²) in [5, 5.41) is 22.6. The zero-order valence-electron chi connectivity index (χ0n) is 31.7. The van der Waals surface area contributed by atoms with Crippen LogP contribution >= 0.6 is 0 Å². The number of carbonyl (C=O) groups excluding carboxylic acids is 2. The second-order valence-electron chi connectivity index (χ2n) is 15.5. The number of hydrogen-bond acceptors (Lipinski definition) is 12. The number of esters is 1. The van der Waals surface area contributed by atoms with Crippen LogP contribution in [0.3, 0.4) is 0 Å². The highest BCUT2D eigenvalue weighted by Crippen LogP contribution is 2.39. The molecule has 50 heavy (non-hydrogen) atoms. The number of cyclic esters (lactones) is 1. The third kappa shape index (κ3) is 9.43. The van der Waals surface area contributed by atoms with Gasteiger partial charge in [0.2, 0.25) is 0 Å². The molecule has 4 aliphatic rings. The van der Waals surface area contributed by atoms with Crippen molar-refractivity contribution in [2.75, 3.05) is 27.9 Å². The summed E-state index contributed by atoms with van der Waals surface area (Å²) in [7, 11) is 4.89. The van der Waals surface area contributed by atoms with Crippen molar-refractivity contribution in [3.63, 3.8) is 0 Å². The van der Waals surface area contributed by atoms with E-state index in [1.54, 1.807) is 40.4 Å². The van der Waals surface area contributed by atoms with Crippen molar-refractivity contribution in [1.29, 1.82) is 0 Å². The molecule has 1 aliphatic carbocycles. The minimum absolute atomic E-state index is 0.0522. The summed E-state index contributed by atoms with van der Waals surface area (Å²) in [6, 6.07) is 0. The van der Waals surface area contributed by atoms with Crippen LogP contribution in [0.25, 0.3) is 0 Å². The van der Waals surface area contributed by atoms with Gasteiger partial charge in [0.05, 0.1) is 49.3 Å². The largest absolute Gasteiger partial charge is 0.459 e. The summed E-state index contributed by atoms with van der Waals surface area (Å²) in [4.78, 5) is 26.7. The van der Waals surface area contributed by atoms with Crippen molar-refractivity contribution < 1.29 is 57.7 Å². The van der Waals surface area contributed by atoms with Crippen LogP contribution in [0.5, 0.6) is 0 Å². The van der Waals surface area contributed by atoms with Crippen LogP contribution in [-0.4, -0.2) is 123 Å². The van der Waals surface area contributed by atoms with Gasteiger partial charge in [0.1, 0.15) is 23.9 Å². The molecular weight excluding hydrogens is 648 g/mol. The molecular formula is C38H62O12. The minimum Gasteiger partial charge on any atom is -0.459 e. The second-order valence-corrected chi connectivity index (χ2v) is 15.5. The molecule has 0 amide bonds. The Kier molecular flexibility index (Phi) is 14.3. The lowest BCUT2D eigenvalue weighted by molar-refractivity contribution is -0.293. The molecule has 3 heterocycles. The van der Waals surface area contributed by atoms with Crippen LogP contribution in [0.4, 0.5) is 0 Å². The molecule has 18 unspecified atom stereocenters. The van der Waals surface area contributed by atoms with Gasteiger partial charge >= 0.3 is 5.97 Å². The van der Waals surface area contributed by atoms with Crippen molar-refractivity contribution in [3.05, 3.63) is 24.3 Å². The molecule has 18 atom stereocenters. The van der Waals surface area contributed by atoms with Gasteiger partial charge in [0.15, 0.2) is 12.1 Å². The summed E-state index contributed by atoms with van der Waals surface area (Å²) >= 11 is 0. The smallest absolute Gasteiger partial charge is 0.330 e. The molecule has 0 aromatic rings. The molecule has 0 bridgehead atoms. The van der Waals surface area contributed by atoms with Crippen LogP contribution < -0.4 is 0 Å². The van der Waals surface area contributed by atoms with E-state index in [0.717, 1.165) is 0 Å². The maximum atomic E-state index is 13.4. The van der Waals surface area contributed by atoms with E-state index in [9.17, 15) is 19.8 Å². The highest BCUT2D eigenvalue weighted by Gasteiger charge is 2.50. The standard InChI is InChI=1S/C38H62O12/c1-19-12-15-30(40)47-25(7)26(18-46-37-36(45-11)34(44-10)22(4)24(6)48-37)35-27(49-35)13-14-29(39)38(8,42)17-21(3)32(19)50-33-23(5)28(43-9)16-20(2)31(33)41/h12-15,19-28,31-37,41-42H,16-18H2,1-11H3/b14-13+,15-12+. The van der Waals surface area contributed by atoms with E-state index in [1.165, 1.54) is 19.1 Å². The Morgan fingerprint density at radius 1 is 0.820 bits per heavy atom. The lowest BCUT2D eigenvalue weighted by atomic mass is 9.76. The molecule has 286 valence electrons. The number of hydrogen-bond donors (Lipinski definition) is 2. The maximum absolute atomic E-state index is 13.4. The van der Waals surface area contributed by atoms with Gasteiger partial charge in [-0.1, -0.05) is 40.7 Å². The summed E-state index contributed by atoms with van der Waals surface area (Å²) in [5.74, 6) is -2.17. The van der Waals surface area contributed by atoms with Gasteiger partial charge in [-0.15, -0.1) is 0 Å². The van der Waals surface area contributed by atoms with E-state index in [2.05, 4.69) is 0 Å². The lowest BCUT2D eigenvalue weighted by Crippen LogP contribution is -2.55. The molecule has 2 saturated heterocycles. The van der Waals surface area contributed by atoms with Gasteiger partial charge in [-0.2, -0.15) is 0 Å². The number of methoxy groups -OCH3 is 3. The first-order chi connectivity index (χ1) is 23.5. The molecule has 3 aliphatic heterocycles.